The third-order valence-electron chi connectivity index (χ3n) is 4.28. The molecule has 0 unspecified atom stereocenters. The summed E-state index contributed by atoms with van der Waals surface area (Å²) in [6.45, 7) is 9.53. The summed E-state index contributed by atoms with van der Waals surface area (Å²) in [5.41, 5.74) is 5.88. The molecule has 11 heteroatoms. The van der Waals surface area contributed by atoms with Crippen LogP contribution in [0.25, 0.3) is 0 Å². The molecule has 3 amide bonds. The van der Waals surface area contributed by atoms with E-state index in [1.54, 1.807) is 29.2 Å². The predicted molar refractivity (Wildman–Crippen MR) is 133 cm³/mol. The number of halogens is 1. The van der Waals surface area contributed by atoms with Gasteiger partial charge in [0.05, 0.1) is 19.1 Å². The molecule has 0 saturated carbocycles. The molecule has 2 rings (SSSR count). The summed E-state index contributed by atoms with van der Waals surface area (Å²) in [5.74, 6) is -0.300. The lowest BCUT2D eigenvalue weighted by Gasteiger charge is -2.40. The van der Waals surface area contributed by atoms with Gasteiger partial charge in [0.1, 0.15) is 5.60 Å². The van der Waals surface area contributed by atoms with Crippen LogP contribution in [0.4, 0.5) is 4.79 Å². The molecule has 0 aromatic heterocycles. The Morgan fingerprint density at radius 1 is 1.16 bits per heavy atom. The van der Waals surface area contributed by atoms with Crippen LogP contribution in [0.2, 0.25) is 0 Å². The zero-order chi connectivity index (χ0) is 23.0. The van der Waals surface area contributed by atoms with Crippen molar-refractivity contribution in [1.82, 2.24) is 20.9 Å². The smallest absolute Gasteiger partial charge is 0.410 e. The van der Waals surface area contributed by atoms with Crippen molar-refractivity contribution in [2.24, 2.45) is 10.7 Å². The average molecular weight is 560 g/mol. The number of hydrogen-bond acceptors (Lipinski definition) is 5. The Bertz CT molecular complexity index is 817. The number of nitrogens with zero attached hydrogens (tertiary/aromatic N) is 2. The molecule has 1 aromatic rings. The van der Waals surface area contributed by atoms with Gasteiger partial charge in [-0.25, -0.2) is 9.79 Å². The van der Waals surface area contributed by atoms with Gasteiger partial charge in [-0.1, -0.05) is 12.1 Å². The van der Waals surface area contributed by atoms with Gasteiger partial charge in [0.25, 0.3) is 5.91 Å². The van der Waals surface area contributed by atoms with Crippen LogP contribution in [-0.2, 0) is 16.1 Å². The van der Waals surface area contributed by atoms with Gasteiger partial charge in [-0.2, -0.15) is 0 Å². The number of carbonyl (C=O) groups is 3. The molecule has 0 spiro atoms. The van der Waals surface area contributed by atoms with Crippen molar-refractivity contribution in [2.75, 3.05) is 26.2 Å². The van der Waals surface area contributed by atoms with Crippen LogP contribution in [0.5, 0.6) is 0 Å². The first-order valence-electron chi connectivity index (χ1n) is 10.3. The summed E-state index contributed by atoms with van der Waals surface area (Å²) in [7, 11) is 0. The molecule has 0 aliphatic carbocycles. The van der Waals surface area contributed by atoms with Crippen molar-refractivity contribution in [3.05, 3.63) is 35.4 Å². The van der Waals surface area contributed by atoms with E-state index < -0.39 is 11.5 Å². The van der Waals surface area contributed by atoms with Crippen LogP contribution in [0, 0.1) is 0 Å². The molecule has 1 aliphatic heterocycles. The first-order chi connectivity index (χ1) is 14.6. The Balaban J connectivity index is 0.00000512. The highest BCUT2D eigenvalue weighted by atomic mass is 127. The Morgan fingerprint density at radius 2 is 1.78 bits per heavy atom. The highest BCUT2D eigenvalue weighted by molar-refractivity contribution is 14.0. The summed E-state index contributed by atoms with van der Waals surface area (Å²) in [6, 6.07) is 7.06. The number of likely N-dealkylation sites (tertiary alicyclic amines) is 1. The van der Waals surface area contributed by atoms with Gasteiger partial charge < -0.3 is 31.3 Å². The van der Waals surface area contributed by atoms with E-state index in [1.165, 1.54) is 0 Å². The standard InChI is InChI=1S/C21H32N6O4.HI/c1-5-23-19(26-16-12-27(13-16)20(30)31-21(2,3)4)25-10-14-6-8-15(9-7-14)18(29)24-11-17(22)28;/h6-9,16H,5,10-13H2,1-4H3,(H2,22,28)(H,24,29)(H2,23,25,26);1H. The van der Waals surface area contributed by atoms with Crippen LogP contribution in [-0.4, -0.2) is 66.6 Å². The van der Waals surface area contributed by atoms with E-state index in [0.29, 0.717) is 37.7 Å². The molecule has 0 bridgehead atoms. The number of aliphatic imine (C=N–C) groups is 1. The fourth-order valence-electron chi connectivity index (χ4n) is 2.76. The van der Waals surface area contributed by atoms with Crippen molar-refractivity contribution >= 4 is 47.8 Å². The van der Waals surface area contributed by atoms with Crippen LogP contribution in [0.15, 0.2) is 29.3 Å². The molecule has 1 saturated heterocycles. The van der Waals surface area contributed by atoms with Crippen LogP contribution in [0.3, 0.4) is 0 Å². The maximum absolute atomic E-state index is 12.0. The average Bonchev–Trinajstić information content (AvgIpc) is 2.65. The largest absolute Gasteiger partial charge is 0.444 e. The van der Waals surface area contributed by atoms with Gasteiger partial charge in [-0.3, -0.25) is 9.59 Å². The van der Waals surface area contributed by atoms with E-state index in [2.05, 4.69) is 20.9 Å². The van der Waals surface area contributed by atoms with Gasteiger partial charge in [0.15, 0.2) is 5.96 Å². The predicted octanol–water partition coefficient (Wildman–Crippen LogP) is 1.19. The van der Waals surface area contributed by atoms with Crippen molar-refractivity contribution < 1.29 is 19.1 Å². The van der Waals surface area contributed by atoms with E-state index in [9.17, 15) is 14.4 Å². The van der Waals surface area contributed by atoms with Crippen LogP contribution >= 0.6 is 24.0 Å². The maximum Gasteiger partial charge on any atom is 0.410 e. The molecule has 1 heterocycles. The third-order valence-corrected chi connectivity index (χ3v) is 4.28. The fraction of sp³-hybridized carbons (Fsp3) is 0.524. The van der Waals surface area contributed by atoms with Crippen molar-refractivity contribution in [3.8, 4) is 0 Å². The second kappa shape index (κ2) is 12.5. The van der Waals surface area contributed by atoms with Gasteiger partial charge >= 0.3 is 6.09 Å². The molecule has 1 fully saturated rings. The second-order valence-corrected chi connectivity index (χ2v) is 8.27. The van der Waals surface area contributed by atoms with Crippen molar-refractivity contribution in [1.29, 1.82) is 0 Å². The normalized spacial score (nSPS) is 14.0. The molecule has 10 nitrogen and oxygen atoms in total. The van der Waals surface area contributed by atoms with Crippen LogP contribution in [0.1, 0.15) is 43.6 Å². The zero-order valence-corrected chi connectivity index (χ0v) is 21.3. The van der Waals surface area contributed by atoms with Crippen molar-refractivity contribution in [2.45, 2.75) is 45.9 Å². The third kappa shape index (κ3) is 9.28. The number of rotatable bonds is 7. The minimum Gasteiger partial charge on any atom is -0.444 e. The Kier molecular flexibility index (Phi) is 10.7. The maximum atomic E-state index is 12.0. The molecule has 5 N–H and O–H groups in total. The molecule has 1 aromatic carbocycles. The summed E-state index contributed by atoms with van der Waals surface area (Å²) in [6.07, 6.45) is -0.313. The minimum absolute atomic E-state index is 0. The lowest BCUT2D eigenvalue weighted by Crippen LogP contribution is -2.63. The summed E-state index contributed by atoms with van der Waals surface area (Å²) < 4.78 is 5.36. The summed E-state index contributed by atoms with van der Waals surface area (Å²) >= 11 is 0. The number of benzene rings is 1. The van der Waals surface area contributed by atoms with Gasteiger partial charge in [-0.05, 0) is 45.4 Å². The van der Waals surface area contributed by atoms with E-state index in [1.807, 2.05) is 27.7 Å². The molecular weight excluding hydrogens is 527 g/mol. The number of guanidine groups is 1. The SMILES string of the molecule is CCNC(=NCc1ccc(C(=O)NCC(N)=O)cc1)NC1CN(C(=O)OC(C)(C)C)C1.I. The fourth-order valence-corrected chi connectivity index (χ4v) is 2.76. The Hall–Kier alpha value is -2.57. The number of hydrogen-bond donors (Lipinski definition) is 4. The topological polar surface area (TPSA) is 138 Å². The molecule has 0 radical (unpaired) electrons. The number of nitrogens with one attached hydrogen (secondary N) is 3. The minimum atomic E-state index is -0.594. The van der Waals surface area contributed by atoms with Gasteiger partial charge in [-0.15, -0.1) is 24.0 Å². The Morgan fingerprint density at radius 3 is 2.31 bits per heavy atom. The number of nitrogens with two attached hydrogens (primary N) is 1. The summed E-state index contributed by atoms with van der Waals surface area (Å²) in [4.78, 5) is 40.9. The van der Waals surface area contributed by atoms with E-state index in [-0.39, 0.29) is 48.6 Å². The Labute approximate surface area is 205 Å². The number of amides is 3. The monoisotopic (exact) mass is 560 g/mol. The molecule has 32 heavy (non-hydrogen) atoms. The lowest BCUT2D eigenvalue weighted by atomic mass is 10.1. The van der Waals surface area contributed by atoms with E-state index in [4.69, 9.17) is 10.5 Å². The lowest BCUT2D eigenvalue weighted by molar-refractivity contribution is -0.117. The molecule has 0 atom stereocenters. The first kappa shape index (κ1) is 27.5. The van der Waals surface area contributed by atoms with E-state index in [0.717, 1.165) is 5.56 Å². The van der Waals surface area contributed by atoms with Gasteiger partial charge in [0, 0.05) is 25.2 Å². The molecule has 1 aliphatic rings. The van der Waals surface area contributed by atoms with Crippen LogP contribution < -0.4 is 21.7 Å². The van der Waals surface area contributed by atoms with Crippen molar-refractivity contribution in [3.63, 3.8) is 0 Å². The quantitative estimate of drug-likeness (QED) is 0.225. The number of carbonyl (C=O) groups excluding carboxylic acids is 3. The second-order valence-electron chi connectivity index (χ2n) is 8.27. The number of primary amides is 1. The highest BCUT2D eigenvalue weighted by Gasteiger charge is 2.34. The van der Waals surface area contributed by atoms with Gasteiger partial charge in [0.2, 0.25) is 5.91 Å². The van der Waals surface area contributed by atoms with E-state index >= 15 is 0 Å². The highest BCUT2D eigenvalue weighted by Crippen LogP contribution is 2.15. The number of ether oxygens (including phenoxy) is 1. The summed E-state index contributed by atoms with van der Waals surface area (Å²) in [5, 5.41) is 8.94. The molecular formula is C21H33IN6O4. The zero-order valence-electron chi connectivity index (χ0n) is 18.9. The molecule has 178 valence electrons. The first-order valence-corrected chi connectivity index (χ1v) is 10.3.